The van der Waals surface area contributed by atoms with Crippen LogP contribution in [0.5, 0.6) is 11.9 Å². The molecule has 0 bridgehead atoms. The van der Waals surface area contributed by atoms with Gasteiger partial charge in [0.25, 0.3) is 0 Å². The Hall–Kier alpha value is -2.07. The van der Waals surface area contributed by atoms with Crippen molar-refractivity contribution in [2.75, 3.05) is 19.7 Å². The van der Waals surface area contributed by atoms with Crippen molar-refractivity contribution in [2.45, 2.75) is 52.4 Å². The average molecular weight is 575 g/mol. The zero-order valence-electron chi connectivity index (χ0n) is 19.9. The van der Waals surface area contributed by atoms with Gasteiger partial charge in [-0.2, -0.15) is 0 Å². The third-order valence-electron chi connectivity index (χ3n) is 6.79. The van der Waals surface area contributed by atoms with Gasteiger partial charge in [-0.15, -0.1) is 0 Å². The standard InChI is InChI=1S/C22H21F2N4O2.3CH3.Sn/c23-16-9-22(7-4-8-28(22)12-16)14-30-21-26-19-17(10-25-11-18(19)24)20(27-21)29-13-15-5-2-1-3-6-15;;;;/h1-3,5-6,10,16H,4,7-9,12-14H2;3*1H3;/t16-,22+;;;;/m1..../s1. The molecule has 0 radical (unpaired) electrons. The summed E-state index contributed by atoms with van der Waals surface area (Å²) in [6, 6.07) is 9.76. The summed E-state index contributed by atoms with van der Waals surface area (Å²) in [6.45, 7) is 1.86. The summed E-state index contributed by atoms with van der Waals surface area (Å²) < 4.78 is 42.4. The van der Waals surface area contributed by atoms with Gasteiger partial charge < -0.3 is 0 Å². The topological polar surface area (TPSA) is 60.4 Å². The third kappa shape index (κ3) is 4.58. The summed E-state index contributed by atoms with van der Waals surface area (Å²) in [5.41, 5.74) is 0.792. The molecule has 1 aromatic carbocycles. The molecule has 0 unspecified atom stereocenters. The van der Waals surface area contributed by atoms with Crippen molar-refractivity contribution in [3.63, 3.8) is 0 Å². The van der Waals surface area contributed by atoms with E-state index in [4.69, 9.17) is 9.47 Å². The molecule has 9 heteroatoms. The zero-order valence-corrected chi connectivity index (χ0v) is 22.7. The number of benzene rings is 1. The molecule has 2 aliphatic rings. The van der Waals surface area contributed by atoms with Crippen molar-refractivity contribution in [1.29, 1.82) is 0 Å². The van der Waals surface area contributed by atoms with Crippen LogP contribution in [0.1, 0.15) is 24.8 Å². The first-order valence-electron chi connectivity index (χ1n) is 11.8. The van der Waals surface area contributed by atoms with Crippen LogP contribution in [0.4, 0.5) is 8.78 Å². The van der Waals surface area contributed by atoms with Crippen molar-refractivity contribution in [2.24, 2.45) is 0 Å². The second kappa shape index (κ2) is 9.18. The third-order valence-corrected chi connectivity index (χ3v) is 11.8. The summed E-state index contributed by atoms with van der Waals surface area (Å²) in [5, 5.41) is 0.422. The number of aromatic nitrogens is 3. The van der Waals surface area contributed by atoms with Crippen LogP contribution in [0.3, 0.4) is 0 Å². The van der Waals surface area contributed by atoms with Crippen LogP contribution < -0.4 is 13.2 Å². The van der Waals surface area contributed by atoms with E-state index in [0.717, 1.165) is 24.9 Å². The van der Waals surface area contributed by atoms with E-state index in [1.54, 1.807) is 6.20 Å². The molecule has 0 amide bonds. The SMILES string of the molecule is [CH3][Sn]([CH3])([CH3])[c]1ncc2c(OCc3ccccc3)nc(OC[C@@]34CCCN3C[C@H](F)C4)nc2c1F. The molecule has 0 aliphatic carbocycles. The summed E-state index contributed by atoms with van der Waals surface area (Å²) in [5.74, 6) is -0.176. The van der Waals surface area contributed by atoms with Crippen molar-refractivity contribution in [3.05, 3.63) is 47.9 Å². The molecular weight excluding hydrogens is 545 g/mol. The fourth-order valence-electron chi connectivity index (χ4n) is 5.08. The van der Waals surface area contributed by atoms with Gasteiger partial charge in [-0.1, -0.05) is 0 Å². The number of rotatable bonds is 7. The first kappa shape index (κ1) is 23.7. The van der Waals surface area contributed by atoms with Crippen LogP contribution in [0.25, 0.3) is 10.9 Å². The fraction of sp³-hybridized carbons (Fsp3) is 0.480. The molecule has 6 nitrogen and oxygen atoms in total. The van der Waals surface area contributed by atoms with Crippen LogP contribution in [0.15, 0.2) is 36.5 Å². The second-order valence-electron chi connectivity index (χ2n) is 10.4. The molecule has 180 valence electrons. The molecule has 0 spiro atoms. The molecule has 4 heterocycles. The summed E-state index contributed by atoms with van der Waals surface area (Å²) in [4.78, 5) is 21.9. The fourth-order valence-corrected chi connectivity index (χ4v) is 8.59. The van der Waals surface area contributed by atoms with Crippen LogP contribution in [-0.2, 0) is 6.61 Å². The summed E-state index contributed by atoms with van der Waals surface area (Å²) >= 11 is -2.83. The number of hydrogen-bond donors (Lipinski definition) is 0. The number of alkyl halides is 1. The molecule has 2 atom stereocenters. The Kier molecular flexibility index (Phi) is 6.39. The zero-order chi connectivity index (χ0) is 23.9. The predicted octanol–water partition coefficient (Wildman–Crippen LogP) is 4.24. The van der Waals surface area contributed by atoms with Crippen molar-refractivity contribution in [1.82, 2.24) is 19.9 Å². The van der Waals surface area contributed by atoms with E-state index >= 15 is 4.39 Å². The number of fused-ring (bicyclic) bond motifs is 2. The van der Waals surface area contributed by atoms with Crippen LogP contribution in [0, 0.1) is 5.82 Å². The Morgan fingerprint density at radius 2 is 1.94 bits per heavy atom. The van der Waals surface area contributed by atoms with E-state index < -0.39 is 30.4 Å². The molecule has 2 aliphatic heterocycles. The summed E-state index contributed by atoms with van der Waals surface area (Å²) in [6.07, 6.45) is 3.10. The van der Waals surface area contributed by atoms with Gasteiger partial charge in [-0.3, -0.25) is 0 Å². The van der Waals surface area contributed by atoms with Gasteiger partial charge in [0.2, 0.25) is 0 Å². The molecule has 0 saturated carbocycles. The quantitative estimate of drug-likeness (QED) is 0.393. The number of ether oxygens (including phenoxy) is 2. The van der Waals surface area contributed by atoms with E-state index in [2.05, 4.69) is 34.7 Å². The maximum absolute atomic E-state index is 15.6. The predicted molar refractivity (Wildman–Crippen MR) is 130 cm³/mol. The van der Waals surface area contributed by atoms with Crippen LogP contribution >= 0.6 is 0 Å². The van der Waals surface area contributed by atoms with E-state index in [0.29, 0.717) is 22.1 Å². The van der Waals surface area contributed by atoms with Gasteiger partial charge in [0.15, 0.2) is 0 Å². The molecular formula is C25H30F2N4O2Sn. The number of pyridine rings is 1. The molecule has 2 saturated heterocycles. The van der Waals surface area contributed by atoms with E-state index in [-0.39, 0.29) is 36.2 Å². The first-order valence-corrected chi connectivity index (χ1v) is 21.8. The van der Waals surface area contributed by atoms with Gasteiger partial charge in [0.1, 0.15) is 0 Å². The van der Waals surface area contributed by atoms with Crippen LogP contribution in [-0.4, -0.2) is 69.6 Å². The van der Waals surface area contributed by atoms with Crippen molar-refractivity contribution in [3.8, 4) is 11.9 Å². The maximum atomic E-state index is 15.6. The molecule has 3 aromatic rings. The van der Waals surface area contributed by atoms with Gasteiger partial charge in [-0.25, -0.2) is 0 Å². The van der Waals surface area contributed by atoms with Gasteiger partial charge in [-0.05, 0) is 0 Å². The Morgan fingerprint density at radius 3 is 2.71 bits per heavy atom. The van der Waals surface area contributed by atoms with Gasteiger partial charge >= 0.3 is 203 Å². The number of halogens is 2. The van der Waals surface area contributed by atoms with Gasteiger partial charge in [0, 0.05) is 0 Å². The molecule has 0 N–H and O–H groups in total. The number of hydrogen-bond acceptors (Lipinski definition) is 6. The van der Waals surface area contributed by atoms with E-state index in [1.807, 2.05) is 30.3 Å². The first-order chi connectivity index (χ1) is 16.2. The van der Waals surface area contributed by atoms with E-state index in [1.165, 1.54) is 0 Å². The van der Waals surface area contributed by atoms with Gasteiger partial charge in [0.05, 0.1) is 0 Å². The minimum absolute atomic E-state index is 0.0549. The van der Waals surface area contributed by atoms with Crippen molar-refractivity contribution < 1.29 is 18.3 Å². The van der Waals surface area contributed by atoms with Crippen molar-refractivity contribution >= 4 is 33.0 Å². The molecule has 2 fully saturated rings. The minimum atomic E-state index is -2.83. The average Bonchev–Trinajstić information content (AvgIpc) is 3.32. The van der Waals surface area contributed by atoms with E-state index in [9.17, 15) is 4.39 Å². The normalized spacial score (nSPS) is 22.8. The Morgan fingerprint density at radius 1 is 1.15 bits per heavy atom. The molecule has 2 aromatic heterocycles. The Labute approximate surface area is 202 Å². The number of nitrogens with zero attached hydrogens (tertiary/aromatic N) is 4. The monoisotopic (exact) mass is 576 g/mol. The molecule has 34 heavy (non-hydrogen) atoms. The summed E-state index contributed by atoms with van der Waals surface area (Å²) in [7, 11) is 0. The Balaban J connectivity index is 1.49. The Bertz CT molecular complexity index is 1190. The second-order valence-corrected chi connectivity index (χ2v) is 24.6. The molecule has 5 rings (SSSR count). The van der Waals surface area contributed by atoms with Crippen LogP contribution in [0.2, 0.25) is 14.8 Å².